The van der Waals surface area contributed by atoms with Crippen LogP contribution in [0.2, 0.25) is 0 Å². The minimum absolute atomic E-state index is 0.323. The van der Waals surface area contributed by atoms with Gasteiger partial charge >= 0.3 is 0 Å². The van der Waals surface area contributed by atoms with Gasteiger partial charge in [-0.1, -0.05) is 53.8 Å². The molecule has 1 atom stereocenters. The van der Waals surface area contributed by atoms with Crippen molar-refractivity contribution in [1.82, 2.24) is 19.8 Å². The monoisotopic (exact) mass is 350 g/mol. The first-order valence-electron chi connectivity index (χ1n) is 8.00. The summed E-state index contributed by atoms with van der Waals surface area (Å²) in [6, 6.07) is 17.9. The number of ether oxygens (including phenoxy) is 2. The van der Waals surface area contributed by atoms with Crippen LogP contribution in [0.4, 0.5) is 0 Å². The molecule has 1 aliphatic heterocycles. The Labute approximate surface area is 147 Å². The van der Waals surface area contributed by atoms with E-state index in [9.17, 15) is 0 Å². The van der Waals surface area contributed by atoms with E-state index in [1.165, 1.54) is 5.56 Å². The molecule has 0 saturated heterocycles. The highest BCUT2D eigenvalue weighted by atomic mass is 32.1. The second-order valence-corrected chi connectivity index (χ2v) is 6.82. The summed E-state index contributed by atoms with van der Waals surface area (Å²) in [5.74, 6) is 2.14. The predicted molar refractivity (Wildman–Crippen MR) is 93.2 cm³/mol. The Kier molecular flexibility index (Phi) is 3.38. The molecule has 0 amide bonds. The highest BCUT2D eigenvalue weighted by molar-refractivity contribution is 7.16. The number of nitrogens with zero attached hydrogens (tertiary/aromatic N) is 4. The van der Waals surface area contributed by atoms with E-state index >= 15 is 0 Å². The third-order valence-electron chi connectivity index (χ3n) is 4.05. The highest BCUT2D eigenvalue weighted by Gasteiger charge is 2.28. The molecule has 2 aromatic heterocycles. The molecule has 1 aliphatic rings. The van der Waals surface area contributed by atoms with Gasteiger partial charge in [-0.25, -0.2) is 0 Å². The fourth-order valence-electron chi connectivity index (χ4n) is 2.86. The van der Waals surface area contributed by atoms with Crippen LogP contribution in [0.15, 0.2) is 54.6 Å². The van der Waals surface area contributed by atoms with Gasteiger partial charge in [0, 0.05) is 6.42 Å². The fraction of sp³-hybridized carbons (Fsp3) is 0.167. The quantitative estimate of drug-likeness (QED) is 0.567. The lowest BCUT2D eigenvalue weighted by atomic mass is 10.2. The molecule has 5 rings (SSSR count). The number of aromatic nitrogens is 4. The maximum Gasteiger partial charge on any atom is 0.234 e. The van der Waals surface area contributed by atoms with Crippen molar-refractivity contribution in [1.29, 1.82) is 0 Å². The zero-order chi connectivity index (χ0) is 16.6. The van der Waals surface area contributed by atoms with Gasteiger partial charge in [0.2, 0.25) is 4.96 Å². The molecule has 124 valence electrons. The van der Waals surface area contributed by atoms with Crippen molar-refractivity contribution in [2.24, 2.45) is 0 Å². The summed E-state index contributed by atoms with van der Waals surface area (Å²) in [4.78, 5) is 0.767. The first kappa shape index (κ1) is 14.4. The van der Waals surface area contributed by atoms with Crippen LogP contribution in [-0.2, 0) is 6.42 Å². The first-order valence-corrected chi connectivity index (χ1v) is 8.82. The molecule has 0 radical (unpaired) electrons. The lowest BCUT2D eigenvalue weighted by molar-refractivity contribution is 0.0836. The SMILES string of the molecule is c1ccc(Cc2nn3c([C@@H]4COc5ccccc5O4)nnc3s2)cc1. The lowest BCUT2D eigenvalue weighted by Crippen LogP contribution is -2.23. The molecule has 0 saturated carbocycles. The van der Waals surface area contributed by atoms with Crippen molar-refractivity contribution < 1.29 is 9.47 Å². The van der Waals surface area contributed by atoms with Gasteiger partial charge < -0.3 is 9.47 Å². The Morgan fingerprint density at radius 1 is 1.00 bits per heavy atom. The van der Waals surface area contributed by atoms with E-state index < -0.39 is 0 Å². The molecular weight excluding hydrogens is 336 g/mol. The molecule has 0 aliphatic carbocycles. The Morgan fingerprint density at radius 2 is 1.80 bits per heavy atom. The van der Waals surface area contributed by atoms with Crippen LogP contribution in [0.5, 0.6) is 11.5 Å². The number of rotatable bonds is 3. The molecule has 0 spiro atoms. The van der Waals surface area contributed by atoms with Crippen LogP contribution in [0, 0.1) is 0 Å². The normalized spacial score (nSPS) is 16.2. The van der Waals surface area contributed by atoms with Crippen LogP contribution in [0.3, 0.4) is 0 Å². The van der Waals surface area contributed by atoms with Crippen LogP contribution >= 0.6 is 11.3 Å². The van der Waals surface area contributed by atoms with Crippen molar-refractivity contribution in [2.75, 3.05) is 6.61 Å². The molecule has 2 aromatic carbocycles. The number of benzene rings is 2. The number of hydrogen-bond acceptors (Lipinski definition) is 6. The summed E-state index contributed by atoms with van der Waals surface area (Å²) in [5, 5.41) is 14.2. The van der Waals surface area contributed by atoms with Crippen molar-refractivity contribution in [2.45, 2.75) is 12.5 Å². The third-order valence-corrected chi connectivity index (χ3v) is 4.95. The second-order valence-electron chi connectivity index (χ2n) is 5.77. The lowest BCUT2D eigenvalue weighted by Gasteiger charge is -2.24. The van der Waals surface area contributed by atoms with Gasteiger partial charge in [0.15, 0.2) is 23.4 Å². The number of hydrogen-bond donors (Lipinski definition) is 0. The third kappa shape index (κ3) is 2.62. The summed E-state index contributed by atoms with van der Waals surface area (Å²) in [6.45, 7) is 0.392. The Hall–Kier alpha value is -2.93. The number of para-hydroxylation sites is 2. The summed E-state index contributed by atoms with van der Waals surface area (Å²) in [7, 11) is 0. The maximum absolute atomic E-state index is 6.03. The molecular formula is C18H14N4O2S. The molecule has 0 bridgehead atoms. The summed E-state index contributed by atoms with van der Waals surface area (Å²) in [5.41, 5.74) is 1.22. The Balaban J connectivity index is 1.45. The average Bonchev–Trinajstić information content (AvgIpc) is 3.22. The van der Waals surface area contributed by atoms with Gasteiger partial charge in [0.25, 0.3) is 0 Å². The van der Waals surface area contributed by atoms with E-state index in [0.29, 0.717) is 12.4 Å². The molecule has 4 aromatic rings. The van der Waals surface area contributed by atoms with Crippen LogP contribution < -0.4 is 9.47 Å². The molecule has 0 N–H and O–H groups in total. The van der Waals surface area contributed by atoms with E-state index in [4.69, 9.17) is 9.47 Å². The van der Waals surface area contributed by atoms with Gasteiger partial charge in [-0.05, 0) is 17.7 Å². The van der Waals surface area contributed by atoms with Crippen molar-refractivity contribution >= 4 is 16.3 Å². The molecule has 0 unspecified atom stereocenters. The highest BCUT2D eigenvalue weighted by Crippen LogP contribution is 2.35. The number of fused-ring (bicyclic) bond motifs is 2. The van der Waals surface area contributed by atoms with E-state index in [2.05, 4.69) is 27.4 Å². The fourth-order valence-corrected chi connectivity index (χ4v) is 3.74. The van der Waals surface area contributed by atoms with Crippen LogP contribution in [-0.4, -0.2) is 26.4 Å². The Bertz CT molecular complexity index is 1030. The smallest absolute Gasteiger partial charge is 0.234 e. The summed E-state index contributed by atoms with van der Waals surface area (Å²) in [6.07, 6.45) is 0.454. The minimum atomic E-state index is -0.323. The van der Waals surface area contributed by atoms with Gasteiger partial charge in [0.05, 0.1) is 0 Å². The van der Waals surface area contributed by atoms with Gasteiger partial charge in [-0.2, -0.15) is 9.61 Å². The van der Waals surface area contributed by atoms with E-state index in [0.717, 1.165) is 27.9 Å². The first-order chi connectivity index (χ1) is 12.4. The molecule has 0 fully saturated rings. The van der Waals surface area contributed by atoms with Crippen molar-refractivity contribution in [3.8, 4) is 11.5 Å². The minimum Gasteiger partial charge on any atom is -0.485 e. The zero-order valence-electron chi connectivity index (χ0n) is 13.2. The van der Waals surface area contributed by atoms with Gasteiger partial charge in [-0.15, -0.1) is 10.2 Å². The molecule has 6 nitrogen and oxygen atoms in total. The molecule has 7 heteroatoms. The average molecular weight is 350 g/mol. The molecule has 25 heavy (non-hydrogen) atoms. The van der Waals surface area contributed by atoms with Crippen LogP contribution in [0.25, 0.3) is 4.96 Å². The topological polar surface area (TPSA) is 61.5 Å². The second kappa shape index (κ2) is 5.86. The maximum atomic E-state index is 6.03. The molecule has 3 heterocycles. The van der Waals surface area contributed by atoms with Gasteiger partial charge in [-0.3, -0.25) is 0 Å². The Morgan fingerprint density at radius 3 is 2.68 bits per heavy atom. The summed E-state index contributed by atoms with van der Waals surface area (Å²) >= 11 is 1.54. The summed E-state index contributed by atoms with van der Waals surface area (Å²) < 4.78 is 13.6. The van der Waals surface area contributed by atoms with Crippen LogP contribution in [0.1, 0.15) is 22.5 Å². The van der Waals surface area contributed by atoms with E-state index in [1.807, 2.05) is 42.5 Å². The van der Waals surface area contributed by atoms with E-state index in [1.54, 1.807) is 15.9 Å². The van der Waals surface area contributed by atoms with E-state index in [-0.39, 0.29) is 6.10 Å². The van der Waals surface area contributed by atoms with Crippen molar-refractivity contribution in [3.05, 3.63) is 71.0 Å². The predicted octanol–water partition coefficient (Wildman–Crippen LogP) is 3.29. The standard InChI is InChI=1S/C18H14N4O2S/c1-2-6-12(7-3-1)10-16-21-22-17(19-20-18(22)25-16)15-11-23-13-8-4-5-9-14(13)24-15/h1-9,15H,10-11H2/t15-/m0/s1. The van der Waals surface area contributed by atoms with Gasteiger partial charge in [0.1, 0.15) is 11.6 Å². The van der Waals surface area contributed by atoms with Crippen molar-refractivity contribution in [3.63, 3.8) is 0 Å². The zero-order valence-corrected chi connectivity index (χ0v) is 14.0. The largest absolute Gasteiger partial charge is 0.485 e.